The largest absolute Gasteiger partial charge is 0.359 e. The van der Waals surface area contributed by atoms with Crippen molar-refractivity contribution in [2.24, 2.45) is 5.73 Å². The fourth-order valence-electron chi connectivity index (χ4n) is 1.27. The first-order valence-corrected chi connectivity index (χ1v) is 4.84. The fraction of sp³-hybridized carbons (Fsp3) is 0.300. The Hall–Kier alpha value is -1.13. The van der Waals surface area contributed by atoms with Crippen LogP contribution in [-0.4, -0.2) is 13.0 Å². The average molecular weight is 231 g/mol. The molecule has 0 aliphatic rings. The van der Waals surface area contributed by atoms with Crippen LogP contribution >= 0.6 is 11.6 Å². The zero-order valence-corrected chi connectivity index (χ0v) is 9.01. The second-order valence-corrected chi connectivity index (χ2v) is 3.53. The maximum atomic E-state index is 13.4. The summed E-state index contributed by atoms with van der Waals surface area (Å²) in [5.74, 6) is -0.735. The molecule has 5 heteroatoms. The lowest BCUT2D eigenvalue weighted by Gasteiger charge is -2.13. The lowest BCUT2D eigenvalue weighted by atomic mass is 10.0. The molecule has 0 radical (unpaired) electrons. The summed E-state index contributed by atoms with van der Waals surface area (Å²) in [5, 5.41) is 2.66. The van der Waals surface area contributed by atoms with Crippen LogP contribution in [0.4, 0.5) is 4.39 Å². The Morgan fingerprint density at radius 2 is 2.33 bits per heavy atom. The van der Waals surface area contributed by atoms with E-state index in [2.05, 4.69) is 5.32 Å². The van der Waals surface area contributed by atoms with Crippen LogP contribution < -0.4 is 11.1 Å². The third-order valence-electron chi connectivity index (χ3n) is 2.05. The number of halogens is 2. The lowest BCUT2D eigenvalue weighted by molar-refractivity contribution is -0.120. The Labute approximate surface area is 92.4 Å². The number of hydrogen-bond acceptors (Lipinski definition) is 2. The second-order valence-electron chi connectivity index (χ2n) is 3.12. The Kier molecular flexibility index (Phi) is 4.05. The fourth-order valence-corrected chi connectivity index (χ4v) is 1.57. The molecule has 15 heavy (non-hydrogen) atoms. The van der Waals surface area contributed by atoms with Gasteiger partial charge >= 0.3 is 0 Å². The maximum absolute atomic E-state index is 13.4. The number of amides is 1. The van der Waals surface area contributed by atoms with E-state index in [4.69, 9.17) is 17.3 Å². The van der Waals surface area contributed by atoms with Crippen LogP contribution in [-0.2, 0) is 4.79 Å². The smallest absolute Gasteiger partial charge is 0.221 e. The summed E-state index contributed by atoms with van der Waals surface area (Å²) in [6, 6.07) is 3.58. The highest BCUT2D eigenvalue weighted by molar-refractivity contribution is 6.31. The van der Waals surface area contributed by atoms with Gasteiger partial charge in [-0.2, -0.15) is 0 Å². The van der Waals surface area contributed by atoms with Gasteiger partial charge in [-0.3, -0.25) is 4.79 Å². The van der Waals surface area contributed by atoms with E-state index in [1.807, 2.05) is 0 Å². The summed E-state index contributed by atoms with van der Waals surface area (Å²) >= 11 is 5.80. The van der Waals surface area contributed by atoms with E-state index in [0.29, 0.717) is 0 Å². The molecule has 3 nitrogen and oxygen atoms in total. The van der Waals surface area contributed by atoms with Crippen LogP contribution in [0.5, 0.6) is 0 Å². The quantitative estimate of drug-likeness (QED) is 0.829. The molecule has 1 aromatic carbocycles. The Bertz CT molecular complexity index is 350. The van der Waals surface area contributed by atoms with Crippen molar-refractivity contribution in [3.8, 4) is 0 Å². The number of rotatable bonds is 3. The molecule has 3 N–H and O–H groups in total. The molecular formula is C10H12ClFN2O. The predicted molar refractivity (Wildman–Crippen MR) is 57.0 cm³/mol. The summed E-state index contributed by atoms with van der Waals surface area (Å²) in [6.45, 7) is 0. The number of carbonyl (C=O) groups is 1. The molecular weight excluding hydrogens is 219 g/mol. The summed E-state index contributed by atoms with van der Waals surface area (Å²) < 4.78 is 13.4. The third-order valence-corrected chi connectivity index (χ3v) is 2.38. The van der Waals surface area contributed by atoms with Gasteiger partial charge in [0.25, 0.3) is 0 Å². The molecule has 1 amide bonds. The van der Waals surface area contributed by atoms with Gasteiger partial charge in [-0.15, -0.1) is 0 Å². The Morgan fingerprint density at radius 1 is 1.67 bits per heavy atom. The predicted octanol–water partition coefficient (Wildman–Crippen LogP) is 1.61. The van der Waals surface area contributed by atoms with Crippen molar-refractivity contribution in [2.75, 3.05) is 7.05 Å². The molecule has 0 fully saturated rings. The van der Waals surface area contributed by atoms with Crippen LogP contribution in [0.3, 0.4) is 0 Å². The lowest BCUT2D eigenvalue weighted by Crippen LogP contribution is -2.24. The van der Waals surface area contributed by atoms with Gasteiger partial charge in [-0.25, -0.2) is 4.39 Å². The first-order chi connectivity index (χ1) is 7.06. The highest BCUT2D eigenvalue weighted by Crippen LogP contribution is 2.26. The highest BCUT2D eigenvalue weighted by Gasteiger charge is 2.17. The summed E-state index contributed by atoms with van der Waals surface area (Å²) in [7, 11) is 1.50. The molecule has 0 aromatic heterocycles. The minimum absolute atomic E-state index is 0.0111. The van der Waals surface area contributed by atoms with E-state index in [1.54, 1.807) is 6.07 Å². The van der Waals surface area contributed by atoms with Gasteiger partial charge in [0, 0.05) is 30.1 Å². The Morgan fingerprint density at radius 3 is 2.87 bits per heavy atom. The van der Waals surface area contributed by atoms with Gasteiger partial charge in [-0.05, 0) is 12.1 Å². The molecule has 0 spiro atoms. The highest BCUT2D eigenvalue weighted by atomic mass is 35.5. The van der Waals surface area contributed by atoms with Crippen LogP contribution in [0.1, 0.15) is 18.0 Å². The van der Waals surface area contributed by atoms with Crippen molar-refractivity contribution in [3.63, 3.8) is 0 Å². The van der Waals surface area contributed by atoms with Crippen molar-refractivity contribution in [2.45, 2.75) is 12.5 Å². The van der Waals surface area contributed by atoms with Crippen molar-refractivity contribution >= 4 is 17.5 Å². The molecule has 0 heterocycles. The number of hydrogen-bond donors (Lipinski definition) is 2. The van der Waals surface area contributed by atoms with Crippen LogP contribution in [0.25, 0.3) is 0 Å². The standard InChI is InChI=1S/C10H12ClFN2O/c1-14-9(15)5-8(13)10-6(11)3-2-4-7(10)12/h2-4,8H,5,13H2,1H3,(H,14,15)/t8-/m0/s1. The Balaban J connectivity index is 2.90. The minimum atomic E-state index is -0.723. The van der Waals surface area contributed by atoms with Crippen molar-refractivity contribution < 1.29 is 9.18 Å². The molecule has 1 aromatic rings. The first-order valence-electron chi connectivity index (χ1n) is 4.46. The maximum Gasteiger partial charge on any atom is 0.221 e. The van der Waals surface area contributed by atoms with Gasteiger partial charge < -0.3 is 11.1 Å². The van der Waals surface area contributed by atoms with E-state index in [1.165, 1.54) is 19.2 Å². The second kappa shape index (κ2) is 5.09. The molecule has 0 aliphatic carbocycles. The van der Waals surface area contributed by atoms with Crippen LogP contribution in [0.2, 0.25) is 5.02 Å². The zero-order valence-electron chi connectivity index (χ0n) is 8.26. The van der Waals surface area contributed by atoms with Gasteiger partial charge in [0.15, 0.2) is 0 Å². The number of nitrogens with two attached hydrogens (primary N) is 1. The van der Waals surface area contributed by atoms with E-state index in [0.717, 1.165) is 0 Å². The summed E-state index contributed by atoms with van der Waals surface area (Å²) in [4.78, 5) is 11.1. The van der Waals surface area contributed by atoms with Crippen molar-refractivity contribution in [3.05, 3.63) is 34.6 Å². The van der Waals surface area contributed by atoms with Crippen molar-refractivity contribution in [1.82, 2.24) is 5.32 Å². The summed E-state index contributed by atoms with van der Waals surface area (Å²) in [6.07, 6.45) is 0.0111. The third kappa shape index (κ3) is 2.91. The van der Waals surface area contributed by atoms with E-state index in [-0.39, 0.29) is 22.9 Å². The average Bonchev–Trinajstić information content (AvgIpc) is 2.17. The molecule has 1 atom stereocenters. The van der Waals surface area contributed by atoms with Gasteiger partial charge in [-0.1, -0.05) is 17.7 Å². The van der Waals surface area contributed by atoms with Crippen LogP contribution in [0, 0.1) is 5.82 Å². The molecule has 0 unspecified atom stereocenters. The SMILES string of the molecule is CNC(=O)C[C@H](N)c1c(F)cccc1Cl. The molecule has 0 saturated heterocycles. The number of benzene rings is 1. The molecule has 0 bridgehead atoms. The van der Waals surface area contributed by atoms with Gasteiger partial charge in [0.2, 0.25) is 5.91 Å². The number of nitrogens with one attached hydrogen (secondary N) is 1. The molecule has 82 valence electrons. The van der Waals surface area contributed by atoms with E-state index >= 15 is 0 Å². The van der Waals surface area contributed by atoms with Gasteiger partial charge in [0.1, 0.15) is 5.82 Å². The first kappa shape index (κ1) is 11.9. The molecule has 0 saturated carbocycles. The molecule has 1 rings (SSSR count). The number of carbonyl (C=O) groups excluding carboxylic acids is 1. The molecule has 0 aliphatic heterocycles. The van der Waals surface area contributed by atoms with E-state index < -0.39 is 11.9 Å². The van der Waals surface area contributed by atoms with Crippen molar-refractivity contribution in [1.29, 1.82) is 0 Å². The zero-order chi connectivity index (χ0) is 11.4. The minimum Gasteiger partial charge on any atom is -0.359 e. The normalized spacial score (nSPS) is 12.3. The topological polar surface area (TPSA) is 55.1 Å². The van der Waals surface area contributed by atoms with Crippen LogP contribution in [0.15, 0.2) is 18.2 Å². The van der Waals surface area contributed by atoms with Gasteiger partial charge in [0.05, 0.1) is 0 Å². The van der Waals surface area contributed by atoms with E-state index in [9.17, 15) is 9.18 Å². The summed E-state index contributed by atoms with van der Waals surface area (Å²) in [5.41, 5.74) is 5.87. The monoisotopic (exact) mass is 230 g/mol.